The van der Waals surface area contributed by atoms with Gasteiger partial charge in [0.2, 0.25) is 0 Å². The molecule has 258 valence electrons. The molecule has 10 aromatic rings. The first-order valence-electron chi connectivity index (χ1n) is 18.6. The standard InChI is InChI=1S/C52H34N2S/c1-4-12-35(13-5-1)37-20-22-39(23-21-37)43-30-44(42-28-29-51-47(33-42)46-18-10-11-19-50(46)55-51)32-45(31-43)49-34-48(53-52(54-49)41-16-8-3-9-17-41)40-26-24-38(25-27-40)36-14-6-2-7-15-36/h1-34H. The lowest BCUT2D eigenvalue weighted by Crippen LogP contribution is -1.96. The molecule has 0 fully saturated rings. The van der Waals surface area contributed by atoms with Crippen molar-refractivity contribution < 1.29 is 0 Å². The van der Waals surface area contributed by atoms with E-state index in [1.165, 1.54) is 48.0 Å². The molecule has 3 heteroatoms. The fourth-order valence-corrected chi connectivity index (χ4v) is 8.51. The Morgan fingerprint density at radius 1 is 0.255 bits per heavy atom. The van der Waals surface area contributed by atoms with Crippen molar-refractivity contribution in [1.82, 2.24) is 9.97 Å². The summed E-state index contributed by atoms with van der Waals surface area (Å²) in [6.45, 7) is 0. The highest BCUT2D eigenvalue weighted by molar-refractivity contribution is 7.25. The van der Waals surface area contributed by atoms with Crippen molar-refractivity contribution in [3.05, 3.63) is 206 Å². The Hall–Kier alpha value is -6.94. The lowest BCUT2D eigenvalue weighted by Gasteiger charge is -2.14. The average Bonchev–Trinajstić information content (AvgIpc) is 3.65. The minimum absolute atomic E-state index is 0.700. The number of fused-ring (bicyclic) bond motifs is 3. The molecule has 0 aliphatic heterocycles. The maximum atomic E-state index is 5.26. The van der Waals surface area contributed by atoms with Gasteiger partial charge in [-0.25, -0.2) is 9.97 Å². The minimum atomic E-state index is 0.700. The summed E-state index contributed by atoms with van der Waals surface area (Å²) in [6.07, 6.45) is 0. The molecule has 2 heterocycles. The predicted molar refractivity (Wildman–Crippen MR) is 233 cm³/mol. The highest BCUT2D eigenvalue weighted by Crippen LogP contribution is 2.39. The highest BCUT2D eigenvalue weighted by Gasteiger charge is 2.15. The van der Waals surface area contributed by atoms with Crippen LogP contribution >= 0.6 is 11.3 Å². The van der Waals surface area contributed by atoms with E-state index in [0.29, 0.717) is 5.82 Å². The minimum Gasteiger partial charge on any atom is -0.228 e. The molecule has 2 nitrogen and oxygen atoms in total. The third kappa shape index (κ3) is 6.52. The molecule has 0 saturated heterocycles. The fraction of sp³-hybridized carbons (Fsp3) is 0. The summed E-state index contributed by atoms with van der Waals surface area (Å²) in [5.41, 5.74) is 14.2. The highest BCUT2D eigenvalue weighted by atomic mass is 32.1. The van der Waals surface area contributed by atoms with Crippen LogP contribution in [0.1, 0.15) is 0 Å². The van der Waals surface area contributed by atoms with Gasteiger partial charge in [0, 0.05) is 36.9 Å². The molecule has 0 saturated carbocycles. The number of nitrogens with zero attached hydrogens (tertiary/aromatic N) is 2. The van der Waals surface area contributed by atoms with Crippen LogP contribution in [0.25, 0.3) is 98.6 Å². The Labute approximate surface area is 324 Å². The Kier molecular flexibility index (Phi) is 8.40. The topological polar surface area (TPSA) is 25.8 Å². The van der Waals surface area contributed by atoms with E-state index in [0.717, 1.165) is 44.8 Å². The van der Waals surface area contributed by atoms with E-state index < -0.39 is 0 Å². The van der Waals surface area contributed by atoms with Crippen molar-refractivity contribution in [3.63, 3.8) is 0 Å². The molecule has 0 aliphatic carbocycles. The summed E-state index contributed by atoms with van der Waals surface area (Å²) in [6, 6.07) is 73.5. The summed E-state index contributed by atoms with van der Waals surface area (Å²) in [7, 11) is 0. The second kappa shape index (κ2) is 14.1. The SMILES string of the molecule is c1ccc(-c2ccc(-c3cc(-c4ccc5sc6ccccc6c5c4)cc(-c4cc(-c5ccc(-c6ccccc6)cc5)nc(-c5ccccc5)n4)c3)cc2)cc1. The maximum absolute atomic E-state index is 5.26. The Morgan fingerprint density at radius 2 is 0.673 bits per heavy atom. The molecule has 0 radical (unpaired) electrons. The van der Waals surface area contributed by atoms with Gasteiger partial charge in [0.05, 0.1) is 11.4 Å². The maximum Gasteiger partial charge on any atom is 0.160 e. The summed E-state index contributed by atoms with van der Waals surface area (Å²) in [5.74, 6) is 0.700. The van der Waals surface area contributed by atoms with E-state index >= 15 is 0 Å². The summed E-state index contributed by atoms with van der Waals surface area (Å²) < 4.78 is 2.60. The monoisotopic (exact) mass is 718 g/mol. The zero-order valence-corrected chi connectivity index (χ0v) is 30.7. The summed E-state index contributed by atoms with van der Waals surface area (Å²) >= 11 is 1.85. The second-order valence-electron chi connectivity index (χ2n) is 13.8. The third-order valence-corrected chi connectivity index (χ3v) is 11.5. The van der Waals surface area contributed by atoms with Gasteiger partial charge in [-0.15, -0.1) is 11.3 Å². The Morgan fingerprint density at radius 3 is 1.29 bits per heavy atom. The Bertz CT molecular complexity index is 2930. The number of hydrogen-bond donors (Lipinski definition) is 0. The van der Waals surface area contributed by atoms with E-state index in [9.17, 15) is 0 Å². The molecule has 55 heavy (non-hydrogen) atoms. The summed E-state index contributed by atoms with van der Waals surface area (Å²) in [4.78, 5) is 10.4. The molecule has 8 aromatic carbocycles. The zero-order valence-electron chi connectivity index (χ0n) is 29.9. The van der Waals surface area contributed by atoms with Gasteiger partial charge in [0.1, 0.15) is 0 Å². The van der Waals surface area contributed by atoms with Gasteiger partial charge in [-0.1, -0.05) is 164 Å². The third-order valence-electron chi connectivity index (χ3n) is 10.3. The lowest BCUT2D eigenvalue weighted by atomic mass is 9.93. The molecule has 0 spiro atoms. The molecule has 0 amide bonds. The smallest absolute Gasteiger partial charge is 0.160 e. The number of aromatic nitrogens is 2. The van der Waals surface area contributed by atoms with Crippen molar-refractivity contribution in [2.45, 2.75) is 0 Å². The molecule has 10 rings (SSSR count). The molecule has 0 bridgehead atoms. The van der Waals surface area contributed by atoms with E-state index in [1.54, 1.807) is 0 Å². The molecule has 0 aliphatic rings. The van der Waals surface area contributed by atoms with Gasteiger partial charge in [-0.2, -0.15) is 0 Å². The van der Waals surface area contributed by atoms with Gasteiger partial charge >= 0.3 is 0 Å². The number of thiophene rings is 1. The van der Waals surface area contributed by atoms with Gasteiger partial charge in [-0.05, 0) is 87.0 Å². The number of hydrogen-bond acceptors (Lipinski definition) is 3. The number of benzene rings is 8. The Balaban J connectivity index is 1.14. The van der Waals surface area contributed by atoms with Crippen LogP contribution in [0.3, 0.4) is 0 Å². The van der Waals surface area contributed by atoms with Crippen LogP contribution in [0.15, 0.2) is 206 Å². The predicted octanol–water partition coefficient (Wildman–Crippen LogP) is 14.5. The summed E-state index contributed by atoms with van der Waals surface area (Å²) in [5, 5.41) is 2.58. The van der Waals surface area contributed by atoms with E-state index in [1.807, 2.05) is 35.6 Å². The van der Waals surface area contributed by atoms with Gasteiger partial charge in [0.15, 0.2) is 5.82 Å². The number of rotatable bonds is 7. The lowest BCUT2D eigenvalue weighted by molar-refractivity contribution is 1.18. The van der Waals surface area contributed by atoms with Crippen LogP contribution in [0.5, 0.6) is 0 Å². The molecule has 0 unspecified atom stereocenters. The van der Waals surface area contributed by atoms with Crippen molar-refractivity contribution in [2.24, 2.45) is 0 Å². The molecular weight excluding hydrogens is 685 g/mol. The fourth-order valence-electron chi connectivity index (χ4n) is 7.42. The van der Waals surface area contributed by atoms with Crippen LogP contribution in [0.2, 0.25) is 0 Å². The molecule has 0 N–H and O–H groups in total. The largest absolute Gasteiger partial charge is 0.228 e. The normalized spacial score (nSPS) is 11.3. The van der Waals surface area contributed by atoms with Gasteiger partial charge < -0.3 is 0 Å². The van der Waals surface area contributed by atoms with E-state index in [2.05, 4.69) is 182 Å². The van der Waals surface area contributed by atoms with Crippen molar-refractivity contribution in [3.8, 4) is 78.4 Å². The quantitative estimate of drug-likeness (QED) is 0.164. The average molecular weight is 719 g/mol. The van der Waals surface area contributed by atoms with Crippen LogP contribution in [-0.2, 0) is 0 Å². The van der Waals surface area contributed by atoms with Crippen LogP contribution in [-0.4, -0.2) is 9.97 Å². The molecule has 2 aromatic heterocycles. The van der Waals surface area contributed by atoms with E-state index in [4.69, 9.17) is 9.97 Å². The van der Waals surface area contributed by atoms with Gasteiger partial charge in [0.25, 0.3) is 0 Å². The zero-order chi connectivity index (χ0) is 36.6. The van der Waals surface area contributed by atoms with Crippen molar-refractivity contribution in [2.75, 3.05) is 0 Å². The van der Waals surface area contributed by atoms with Crippen molar-refractivity contribution >= 4 is 31.5 Å². The molecule has 0 atom stereocenters. The first-order valence-corrected chi connectivity index (χ1v) is 19.4. The van der Waals surface area contributed by atoms with Crippen LogP contribution in [0.4, 0.5) is 0 Å². The van der Waals surface area contributed by atoms with Crippen LogP contribution in [0, 0.1) is 0 Å². The van der Waals surface area contributed by atoms with Crippen molar-refractivity contribution in [1.29, 1.82) is 0 Å². The second-order valence-corrected chi connectivity index (χ2v) is 14.9. The van der Waals surface area contributed by atoms with E-state index in [-0.39, 0.29) is 0 Å². The van der Waals surface area contributed by atoms with Gasteiger partial charge in [-0.3, -0.25) is 0 Å². The first kappa shape index (κ1) is 32.7. The molecular formula is C52H34N2S. The van der Waals surface area contributed by atoms with Crippen LogP contribution < -0.4 is 0 Å². The first-order chi connectivity index (χ1) is 27.2.